The Kier molecular flexibility index (Phi) is 7.50. The van der Waals surface area contributed by atoms with Crippen LogP contribution in [0.1, 0.15) is 12.6 Å². The van der Waals surface area contributed by atoms with Crippen molar-refractivity contribution in [2.24, 2.45) is 0 Å². The Bertz CT molecular complexity index is 646. The number of hydrogen-bond donors (Lipinski definition) is 1. The molecule has 1 heterocycles. The Hall–Kier alpha value is -2.12. The van der Waals surface area contributed by atoms with E-state index in [9.17, 15) is 14.4 Å². The molecule has 0 saturated carbocycles. The molecule has 0 aliphatic carbocycles. The van der Waals surface area contributed by atoms with Crippen LogP contribution in [-0.4, -0.2) is 36.0 Å². The van der Waals surface area contributed by atoms with Crippen LogP contribution in [0.15, 0.2) is 18.2 Å². The maximum absolute atomic E-state index is 11.7. The zero-order valence-electron chi connectivity index (χ0n) is 12.4. The molecule has 0 aliphatic heterocycles. The molecule has 0 aromatic carbocycles. The number of carbonyl (C=O) groups excluding carboxylic acids is 3. The van der Waals surface area contributed by atoms with Crippen molar-refractivity contribution >= 4 is 46.9 Å². The van der Waals surface area contributed by atoms with Gasteiger partial charge in [0, 0.05) is 12.2 Å². The summed E-state index contributed by atoms with van der Waals surface area (Å²) >= 11 is 11.7. The highest BCUT2D eigenvalue weighted by molar-refractivity contribution is 6.36. The quantitative estimate of drug-likeness (QED) is 0.617. The summed E-state index contributed by atoms with van der Waals surface area (Å²) in [5.74, 6) is -2.07. The second kappa shape index (κ2) is 9.12. The SMILES string of the molecule is CCOC(=O)/C=C/C(=O)OCC(=O)Nc1nc(C)c(Cl)cc1Cl. The van der Waals surface area contributed by atoms with Crippen molar-refractivity contribution < 1.29 is 23.9 Å². The van der Waals surface area contributed by atoms with Crippen LogP contribution in [-0.2, 0) is 23.9 Å². The van der Waals surface area contributed by atoms with Crippen molar-refractivity contribution in [2.75, 3.05) is 18.5 Å². The highest BCUT2D eigenvalue weighted by Gasteiger charge is 2.11. The van der Waals surface area contributed by atoms with Crippen molar-refractivity contribution in [3.05, 3.63) is 34.0 Å². The first kappa shape index (κ1) is 18.9. The molecular weight excluding hydrogens is 347 g/mol. The van der Waals surface area contributed by atoms with Gasteiger partial charge in [-0.3, -0.25) is 4.79 Å². The van der Waals surface area contributed by atoms with E-state index in [0.29, 0.717) is 10.7 Å². The molecule has 1 rings (SSSR count). The standard InChI is InChI=1S/C14H14Cl2N2O5/c1-3-22-12(20)4-5-13(21)23-7-11(19)18-14-10(16)6-9(15)8(2)17-14/h4-6H,3,7H2,1-2H3,(H,17,18,19)/b5-4+. The third-order valence-electron chi connectivity index (χ3n) is 2.35. The lowest BCUT2D eigenvalue weighted by Gasteiger charge is -2.08. The van der Waals surface area contributed by atoms with E-state index in [0.717, 1.165) is 12.2 Å². The Morgan fingerprint density at radius 1 is 1.17 bits per heavy atom. The van der Waals surface area contributed by atoms with Gasteiger partial charge < -0.3 is 14.8 Å². The number of pyridine rings is 1. The van der Waals surface area contributed by atoms with E-state index in [4.69, 9.17) is 23.2 Å². The molecular formula is C14H14Cl2N2O5. The second-order valence-corrected chi connectivity index (χ2v) is 4.94. The minimum Gasteiger partial charge on any atom is -0.463 e. The van der Waals surface area contributed by atoms with Crippen LogP contribution >= 0.6 is 23.2 Å². The fourth-order valence-corrected chi connectivity index (χ4v) is 1.73. The number of aromatic nitrogens is 1. The van der Waals surface area contributed by atoms with E-state index < -0.39 is 24.5 Å². The number of ether oxygens (including phenoxy) is 2. The number of anilines is 1. The van der Waals surface area contributed by atoms with E-state index in [1.807, 2.05) is 0 Å². The highest BCUT2D eigenvalue weighted by Crippen LogP contribution is 2.25. The summed E-state index contributed by atoms with van der Waals surface area (Å²) in [4.78, 5) is 38.0. The molecule has 0 bridgehead atoms. The number of nitrogens with zero attached hydrogens (tertiary/aromatic N) is 1. The summed E-state index contributed by atoms with van der Waals surface area (Å²) < 4.78 is 9.24. The van der Waals surface area contributed by atoms with Gasteiger partial charge in [0.15, 0.2) is 12.4 Å². The van der Waals surface area contributed by atoms with Crippen LogP contribution in [0.4, 0.5) is 5.82 Å². The first-order chi connectivity index (χ1) is 10.8. The van der Waals surface area contributed by atoms with Crippen molar-refractivity contribution in [1.29, 1.82) is 0 Å². The maximum Gasteiger partial charge on any atom is 0.331 e. The lowest BCUT2D eigenvalue weighted by atomic mass is 10.3. The Morgan fingerprint density at radius 3 is 2.39 bits per heavy atom. The Balaban J connectivity index is 2.50. The number of esters is 2. The van der Waals surface area contributed by atoms with Gasteiger partial charge in [-0.05, 0) is 19.9 Å². The average molecular weight is 361 g/mol. The molecule has 0 spiro atoms. The number of amides is 1. The molecule has 9 heteroatoms. The molecule has 124 valence electrons. The number of nitrogens with one attached hydrogen (secondary N) is 1. The molecule has 0 saturated heterocycles. The molecule has 1 N–H and O–H groups in total. The normalized spacial score (nSPS) is 10.4. The second-order valence-electron chi connectivity index (χ2n) is 4.13. The average Bonchev–Trinajstić information content (AvgIpc) is 2.49. The third kappa shape index (κ3) is 6.66. The van der Waals surface area contributed by atoms with Gasteiger partial charge in [0.2, 0.25) is 0 Å². The van der Waals surface area contributed by atoms with Crippen molar-refractivity contribution in [3.8, 4) is 0 Å². The van der Waals surface area contributed by atoms with E-state index in [-0.39, 0.29) is 17.4 Å². The summed E-state index contributed by atoms with van der Waals surface area (Å²) in [6.07, 6.45) is 1.77. The van der Waals surface area contributed by atoms with E-state index in [1.54, 1.807) is 13.8 Å². The number of carbonyl (C=O) groups is 3. The fourth-order valence-electron chi connectivity index (χ4n) is 1.33. The zero-order chi connectivity index (χ0) is 17.4. The van der Waals surface area contributed by atoms with E-state index in [2.05, 4.69) is 19.8 Å². The number of hydrogen-bond acceptors (Lipinski definition) is 6. The van der Waals surface area contributed by atoms with E-state index in [1.165, 1.54) is 6.07 Å². The molecule has 1 aromatic rings. The van der Waals surface area contributed by atoms with E-state index >= 15 is 0 Å². The summed E-state index contributed by atoms with van der Waals surface area (Å²) in [6, 6.07) is 1.44. The molecule has 7 nitrogen and oxygen atoms in total. The van der Waals surface area contributed by atoms with Crippen LogP contribution in [0.5, 0.6) is 0 Å². The maximum atomic E-state index is 11.7. The molecule has 0 aliphatic rings. The first-order valence-electron chi connectivity index (χ1n) is 6.47. The molecule has 0 atom stereocenters. The third-order valence-corrected chi connectivity index (χ3v) is 3.02. The van der Waals surface area contributed by atoms with Gasteiger partial charge in [-0.2, -0.15) is 0 Å². The smallest absolute Gasteiger partial charge is 0.331 e. The fraction of sp³-hybridized carbons (Fsp3) is 0.286. The lowest BCUT2D eigenvalue weighted by molar-refractivity contribution is -0.143. The molecule has 1 amide bonds. The molecule has 0 radical (unpaired) electrons. The van der Waals surface area contributed by atoms with Gasteiger partial charge in [-0.25, -0.2) is 14.6 Å². The van der Waals surface area contributed by atoms with Gasteiger partial charge in [-0.15, -0.1) is 0 Å². The first-order valence-corrected chi connectivity index (χ1v) is 7.23. The van der Waals surface area contributed by atoms with Gasteiger partial charge in [0.1, 0.15) is 0 Å². The molecule has 0 fully saturated rings. The number of rotatable bonds is 6. The highest BCUT2D eigenvalue weighted by atomic mass is 35.5. The largest absolute Gasteiger partial charge is 0.463 e. The van der Waals surface area contributed by atoms with Gasteiger partial charge in [-0.1, -0.05) is 23.2 Å². The minimum absolute atomic E-state index is 0.108. The predicted octanol–water partition coefficient (Wildman–Crippen LogP) is 2.30. The summed E-state index contributed by atoms with van der Waals surface area (Å²) in [7, 11) is 0. The van der Waals surface area contributed by atoms with Gasteiger partial charge in [0.05, 0.1) is 22.3 Å². The zero-order valence-corrected chi connectivity index (χ0v) is 13.9. The molecule has 23 heavy (non-hydrogen) atoms. The summed E-state index contributed by atoms with van der Waals surface area (Å²) in [6.45, 7) is 2.90. The predicted molar refractivity (Wildman–Crippen MR) is 84.4 cm³/mol. The van der Waals surface area contributed by atoms with Crippen LogP contribution in [0.3, 0.4) is 0 Å². The van der Waals surface area contributed by atoms with Gasteiger partial charge in [0.25, 0.3) is 5.91 Å². The summed E-state index contributed by atoms with van der Waals surface area (Å²) in [5, 5.41) is 2.90. The van der Waals surface area contributed by atoms with Crippen LogP contribution < -0.4 is 5.32 Å². The lowest BCUT2D eigenvalue weighted by Crippen LogP contribution is -2.21. The van der Waals surface area contributed by atoms with Crippen LogP contribution in [0.25, 0.3) is 0 Å². The Morgan fingerprint density at radius 2 is 1.78 bits per heavy atom. The topological polar surface area (TPSA) is 94.6 Å². The Labute approximate surface area is 142 Å². The molecule has 0 unspecified atom stereocenters. The minimum atomic E-state index is -0.862. The van der Waals surface area contributed by atoms with Crippen molar-refractivity contribution in [2.45, 2.75) is 13.8 Å². The van der Waals surface area contributed by atoms with Crippen LogP contribution in [0.2, 0.25) is 10.0 Å². The number of aryl methyl sites for hydroxylation is 1. The van der Waals surface area contributed by atoms with Crippen LogP contribution in [0, 0.1) is 6.92 Å². The van der Waals surface area contributed by atoms with Crippen molar-refractivity contribution in [1.82, 2.24) is 4.98 Å². The number of halogens is 2. The van der Waals surface area contributed by atoms with Crippen molar-refractivity contribution in [3.63, 3.8) is 0 Å². The molecule has 1 aromatic heterocycles. The summed E-state index contributed by atoms with van der Waals surface area (Å²) in [5.41, 5.74) is 0.487. The van der Waals surface area contributed by atoms with Gasteiger partial charge >= 0.3 is 11.9 Å². The monoisotopic (exact) mass is 360 g/mol.